The molecule has 9 nitrogen and oxygen atoms in total. The maximum atomic E-state index is 13.6. The van der Waals surface area contributed by atoms with Crippen LogP contribution in [0.3, 0.4) is 0 Å². The number of carbonyl (C=O) groups is 2. The number of Topliss-reactive ketones (excluding diaryl/α,β-unsaturated/α-hetero) is 1. The molecule has 9 heteroatoms. The first kappa shape index (κ1) is 28.9. The van der Waals surface area contributed by atoms with Crippen molar-refractivity contribution in [3.05, 3.63) is 77.8 Å². The number of carbonyl (C=O) groups excluding carboxylic acids is 2. The van der Waals surface area contributed by atoms with Gasteiger partial charge in [-0.15, -0.1) is 0 Å². The Bertz CT molecular complexity index is 1420. The van der Waals surface area contributed by atoms with Gasteiger partial charge >= 0.3 is 0 Å². The largest absolute Gasteiger partial charge is 0.505 e. The molecule has 1 atom stereocenters. The molecule has 1 fully saturated rings. The van der Waals surface area contributed by atoms with Crippen LogP contribution in [0.1, 0.15) is 50.2 Å². The molecule has 0 bridgehead atoms. The van der Waals surface area contributed by atoms with Gasteiger partial charge in [0.05, 0.1) is 23.9 Å². The van der Waals surface area contributed by atoms with Crippen molar-refractivity contribution in [2.45, 2.75) is 40.2 Å². The summed E-state index contributed by atoms with van der Waals surface area (Å²) in [4.78, 5) is 35.5. The molecule has 1 N–H and O–H groups in total. The first-order valence-corrected chi connectivity index (χ1v) is 13.8. The number of benzene rings is 1. The average Bonchev–Trinajstić information content (AvgIpc) is 3.42. The van der Waals surface area contributed by atoms with E-state index >= 15 is 0 Å². The number of pyridine rings is 1. The van der Waals surface area contributed by atoms with Crippen LogP contribution in [0.4, 0.5) is 0 Å². The van der Waals surface area contributed by atoms with Crippen LogP contribution in [0, 0.1) is 6.92 Å². The van der Waals surface area contributed by atoms with Crippen molar-refractivity contribution in [3.63, 3.8) is 0 Å². The molecule has 1 amide bonds. The predicted octanol–water partition coefficient (Wildman–Crippen LogP) is 4.76. The number of hydrogen-bond donors (Lipinski definition) is 1. The fourth-order valence-corrected chi connectivity index (χ4v) is 5.22. The van der Waals surface area contributed by atoms with Gasteiger partial charge in [-0.25, -0.2) is 4.98 Å². The van der Waals surface area contributed by atoms with E-state index in [2.05, 4.69) is 30.3 Å². The minimum Gasteiger partial charge on any atom is -0.505 e. The first-order chi connectivity index (χ1) is 19.4. The third-order valence-electron chi connectivity index (χ3n) is 7.18. The number of ether oxygens (including phenoxy) is 2. The van der Waals surface area contributed by atoms with Gasteiger partial charge in [-0.05, 0) is 69.7 Å². The third kappa shape index (κ3) is 5.60. The lowest BCUT2D eigenvalue weighted by Crippen LogP contribution is -2.33. The summed E-state index contributed by atoms with van der Waals surface area (Å²) in [6.07, 6.45) is 4.10. The summed E-state index contributed by atoms with van der Waals surface area (Å²) < 4.78 is 13.4. The number of aliphatic hydroxyl groups excluding tert-OH is 1. The monoisotopic (exact) mass is 546 g/mol. The molecule has 1 aliphatic rings. The van der Waals surface area contributed by atoms with Gasteiger partial charge in [0.25, 0.3) is 11.7 Å². The normalized spacial score (nSPS) is 16.7. The SMILES string of the molecule is C=CCOc1ccc(C2C(=C(O)c3c(C)nc4ccccn34)C(=O)C(=O)N2CCCN(CC)CC)cc1OCC. The Morgan fingerprint density at radius 1 is 1.12 bits per heavy atom. The quantitative estimate of drug-likeness (QED) is 0.143. The second-order valence-electron chi connectivity index (χ2n) is 9.59. The van der Waals surface area contributed by atoms with Crippen LogP contribution in [0.25, 0.3) is 11.4 Å². The molecule has 40 heavy (non-hydrogen) atoms. The Hall–Kier alpha value is -4.11. The predicted molar refractivity (Wildman–Crippen MR) is 155 cm³/mol. The van der Waals surface area contributed by atoms with E-state index in [1.54, 1.807) is 40.6 Å². The molecule has 1 unspecified atom stereocenters. The van der Waals surface area contributed by atoms with Gasteiger partial charge in [0, 0.05) is 12.7 Å². The molecular formula is C31H38N4O5. The van der Waals surface area contributed by atoms with Gasteiger partial charge in [-0.3, -0.25) is 14.0 Å². The number of fused-ring (bicyclic) bond motifs is 1. The van der Waals surface area contributed by atoms with E-state index in [9.17, 15) is 14.7 Å². The van der Waals surface area contributed by atoms with Crippen molar-refractivity contribution in [2.24, 2.45) is 0 Å². The molecule has 1 aromatic carbocycles. The van der Waals surface area contributed by atoms with Gasteiger partial charge < -0.3 is 24.4 Å². The van der Waals surface area contributed by atoms with E-state index in [4.69, 9.17) is 9.47 Å². The fourth-order valence-electron chi connectivity index (χ4n) is 5.22. The van der Waals surface area contributed by atoms with Crippen LogP contribution in [0.15, 0.2) is 60.8 Å². The summed E-state index contributed by atoms with van der Waals surface area (Å²) in [6.45, 7) is 15.2. The van der Waals surface area contributed by atoms with Gasteiger partial charge in [0.1, 0.15) is 17.9 Å². The van der Waals surface area contributed by atoms with Crippen molar-refractivity contribution >= 4 is 23.1 Å². The Morgan fingerprint density at radius 3 is 2.60 bits per heavy atom. The van der Waals surface area contributed by atoms with Crippen LogP contribution in [0.5, 0.6) is 11.5 Å². The molecular weight excluding hydrogens is 508 g/mol. The van der Waals surface area contributed by atoms with E-state index in [0.29, 0.717) is 60.3 Å². The van der Waals surface area contributed by atoms with E-state index in [-0.39, 0.29) is 11.3 Å². The number of aliphatic hydroxyl groups is 1. The van der Waals surface area contributed by atoms with E-state index < -0.39 is 17.7 Å². The van der Waals surface area contributed by atoms with E-state index in [1.165, 1.54) is 0 Å². The van der Waals surface area contributed by atoms with E-state index in [1.807, 2.05) is 31.2 Å². The first-order valence-electron chi connectivity index (χ1n) is 13.8. The molecule has 1 aliphatic heterocycles. The van der Waals surface area contributed by atoms with Crippen molar-refractivity contribution in [1.29, 1.82) is 0 Å². The number of likely N-dealkylation sites (tertiary alicyclic amines) is 1. The molecule has 0 saturated carbocycles. The number of hydrogen-bond acceptors (Lipinski definition) is 7. The average molecular weight is 547 g/mol. The molecule has 1 saturated heterocycles. The minimum atomic E-state index is -0.807. The van der Waals surface area contributed by atoms with Crippen molar-refractivity contribution in [2.75, 3.05) is 39.4 Å². The minimum absolute atomic E-state index is 0.0313. The van der Waals surface area contributed by atoms with Crippen LogP contribution >= 0.6 is 0 Å². The molecule has 3 heterocycles. The highest BCUT2D eigenvalue weighted by Crippen LogP contribution is 2.42. The number of ketones is 1. The zero-order valence-corrected chi connectivity index (χ0v) is 23.7. The summed E-state index contributed by atoms with van der Waals surface area (Å²) in [5.74, 6) is -0.595. The highest BCUT2D eigenvalue weighted by Gasteiger charge is 2.46. The molecule has 0 radical (unpaired) electrons. The summed E-state index contributed by atoms with van der Waals surface area (Å²) in [5.41, 5.74) is 2.25. The lowest BCUT2D eigenvalue weighted by molar-refractivity contribution is -0.140. The number of amides is 1. The summed E-state index contributed by atoms with van der Waals surface area (Å²) in [7, 11) is 0. The molecule has 4 rings (SSSR count). The molecule has 0 spiro atoms. The van der Waals surface area contributed by atoms with Gasteiger partial charge in [0.15, 0.2) is 17.3 Å². The number of imidazole rings is 1. The second-order valence-corrected chi connectivity index (χ2v) is 9.59. The van der Waals surface area contributed by atoms with Crippen molar-refractivity contribution in [3.8, 4) is 11.5 Å². The van der Waals surface area contributed by atoms with Crippen LogP contribution in [-0.2, 0) is 9.59 Å². The Kier molecular flexibility index (Phi) is 9.26. The lowest BCUT2D eigenvalue weighted by Gasteiger charge is -2.27. The standard InChI is InChI=1S/C31H38N4O5/c1-6-19-40-23-15-14-22(20-24(23)39-9-4)28-26(29(36)27-21(5)32-25-13-10-11-17-34(25)27)30(37)31(38)35(28)18-12-16-33(7-2)8-3/h6,10-11,13-15,17,20,28,36H,1,7-9,12,16,18-19H2,2-5H3. The zero-order valence-electron chi connectivity index (χ0n) is 23.7. The maximum Gasteiger partial charge on any atom is 0.295 e. The Morgan fingerprint density at radius 2 is 1.90 bits per heavy atom. The summed E-state index contributed by atoms with van der Waals surface area (Å²) >= 11 is 0. The van der Waals surface area contributed by atoms with Gasteiger partial charge in [0.2, 0.25) is 0 Å². The third-order valence-corrected chi connectivity index (χ3v) is 7.18. The molecule has 0 aliphatic carbocycles. The fraction of sp³-hybridized carbons (Fsp3) is 0.387. The number of nitrogens with zero attached hydrogens (tertiary/aromatic N) is 4. The zero-order chi connectivity index (χ0) is 28.8. The van der Waals surface area contributed by atoms with Crippen LogP contribution < -0.4 is 9.47 Å². The number of rotatable bonds is 13. The van der Waals surface area contributed by atoms with E-state index in [0.717, 1.165) is 19.6 Å². The van der Waals surface area contributed by atoms with Crippen LogP contribution in [0.2, 0.25) is 0 Å². The summed E-state index contributed by atoms with van der Waals surface area (Å²) in [6, 6.07) is 10.0. The number of aromatic nitrogens is 2. The topological polar surface area (TPSA) is 96.6 Å². The Labute approximate surface area is 235 Å². The van der Waals surface area contributed by atoms with Crippen LogP contribution in [-0.4, -0.2) is 75.4 Å². The van der Waals surface area contributed by atoms with Gasteiger partial charge in [-0.1, -0.05) is 38.6 Å². The highest BCUT2D eigenvalue weighted by atomic mass is 16.5. The Balaban J connectivity index is 1.85. The highest BCUT2D eigenvalue weighted by molar-refractivity contribution is 6.46. The molecule has 212 valence electrons. The van der Waals surface area contributed by atoms with Gasteiger partial charge in [-0.2, -0.15) is 0 Å². The second kappa shape index (κ2) is 12.8. The van der Waals surface area contributed by atoms with Crippen molar-refractivity contribution in [1.82, 2.24) is 19.2 Å². The maximum absolute atomic E-state index is 13.6. The summed E-state index contributed by atoms with van der Waals surface area (Å²) in [5, 5.41) is 11.7. The number of aryl methyl sites for hydroxylation is 1. The smallest absolute Gasteiger partial charge is 0.295 e. The molecule has 2 aromatic heterocycles. The lowest BCUT2D eigenvalue weighted by atomic mass is 9.95. The van der Waals surface area contributed by atoms with Crippen molar-refractivity contribution < 1.29 is 24.2 Å². The molecule has 3 aromatic rings.